The lowest BCUT2D eigenvalue weighted by Crippen LogP contribution is -2.52. The molecule has 13 rings (SSSR count). The summed E-state index contributed by atoms with van der Waals surface area (Å²) in [5, 5.41) is 0. The molecule has 4 aliphatic carbocycles. The van der Waals surface area contributed by atoms with Gasteiger partial charge >= 0.3 is 0 Å². The zero-order valence-electron chi connectivity index (χ0n) is 36.5. The molecule has 0 N–H and O–H groups in total. The van der Waals surface area contributed by atoms with Gasteiger partial charge in [-0.3, -0.25) is 0 Å². The number of hydrogen-bond acceptors (Lipinski definition) is 2. The summed E-state index contributed by atoms with van der Waals surface area (Å²) in [5.74, 6) is 0.421. The molecule has 2 heteroatoms. The fraction of sp³-hybridized carbons (Fsp3) is 0.213. The molecular formula is C61H52N2. The zero-order chi connectivity index (χ0) is 42.1. The molecule has 0 aromatic heterocycles. The van der Waals surface area contributed by atoms with E-state index in [-0.39, 0.29) is 16.4 Å². The van der Waals surface area contributed by atoms with Crippen molar-refractivity contribution in [2.45, 2.75) is 75.7 Å². The van der Waals surface area contributed by atoms with Crippen molar-refractivity contribution in [2.75, 3.05) is 9.80 Å². The minimum atomic E-state index is -0.131. The number of benzene rings is 7. The monoisotopic (exact) mass is 812 g/mol. The molecular weight excluding hydrogens is 761 g/mol. The van der Waals surface area contributed by atoms with Gasteiger partial charge in [0.15, 0.2) is 0 Å². The Kier molecular flexibility index (Phi) is 7.88. The lowest BCUT2D eigenvalue weighted by molar-refractivity contribution is 0.396. The van der Waals surface area contributed by atoms with Crippen LogP contribution in [0, 0.1) is 5.92 Å². The molecule has 2 unspecified atom stereocenters. The van der Waals surface area contributed by atoms with Crippen molar-refractivity contribution in [3.63, 3.8) is 0 Å². The molecule has 2 heterocycles. The van der Waals surface area contributed by atoms with Crippen LogP contribution in [0.5, 0.6) is 0 Å². The first-order valence-corrected chi connectivity index (χ1v) is 23.3. The lowest BCUT2D eigenvalue weighted by atomic mass is 9.73. The Morgan fingerprint density at radius 1 is 0.508 bits per heavy atom. The van der Waals surface area contributed by atoms with Crippen LogP contribution in [0.2, 0.25) is 0 Å². The van der Waals surface area contributed by atoms with E-state index in [9.17, 15) is 0 Å². The summed E-state index contributed by atoms with van der Waals surface area (Å²) in [6.45, 7) is 7.25. The highest BCUT2D eigenvalue weighted by atomic mass is 15.2. The highest BCUT2D eigenvalue weighted by Gasteiger charge is 2.46. The largest absolute Gasteiger partial charge is 0.331 e. The molecule has 2 nitrogen and oxygen atoms in total. The van der Waals surface area contributed by atoms with Crippen molar-refractivity contribution in [2.24, 2.45) is 5.92 Å². The predicted molar refractivity (Wildman–Crippen MR) is 264 cm³/mol. The molecule has 2 atom stereocenters. The van der Waals surface area contributed by atoms with Crippen molar-refractivity contribution in [1.82, 2.24) is 0 Å². The second kappa shape index (κ2) is 13.4. The van der Waals surface area contributed by atoms with E-state index >= 15 is 0 Å². The number of anilines is 5. The first-order chi connectivity index (χ1) is 30.8. The fourth-order valence-corrected chi connectivity index (χ4v) is 12.9. The van der Waals surface area contributed by atoms with Crippen LogP contribution in [0.4, 0.5) is 28.4 Å². The molecule has 63 heavy (non-hydrogen) atoms. The third kappa shape index (κ3) is 5.31. The lowest BCUT2D eigenvalue weighted by Gasteiger charge is -2.50. The summed E-state index contributed by atoms with van der Waals surface area (Å²) in [5.41, 5.74) is 24.4. The van der Waals surface area contributed by atoms with Crippen molar-refractivity contribution in [1.29, 1.82) is 0 Å². The molecule has 306 valence electrons. The molecule has 0 bridgehead atoms. The summed E-state index contributed by atoms with van der Waals surface area (Å²) in [4.78, 5) is 5.12. The van der Waals surface area contributed by atoms with Gasteiger partial charge < -0.3 is 9.80 Å². The highest BCUT2D eigenvalue weighted by Crippen LogP contribution is 2.59. The van der Waals surface area contributed by atoms with Gasteiger partial charge in [-0.15, -0.1) is 0 Å². The molecule has 7 aromatic carbocycles. The molecule has 1 fully saturated rings. The van der Waals surface area contributed by atoms with E-state index in [1.165, 1.54) is 126 Å². The van der Waals surface area contributed by atoms with Crippen molar-refractivity contribution < 1.29 is 0 Å². The Balaban J connectivity index is 0.823. The Morgan fingerprint density at radius 3 is 1.71 bits per heavy atom. The predicted octanol–water partition coefficient (Wildman–Crippen LogP) is 15.6. The number of rotatable bonds is 4. The summed E-state index contributed by atoms with van der Waals surface area (Å²) in [6.07, 6.45) is 21.0. The first-order valence-electron chi connectivity index (χ1n) is 23.3. The second-order valence-corrected chi connectivity index (χ2v) is 19.8. The number of nitrogens with zero attached hydrogens (tertiary/aromatic N) is 2. The maximum Gasteiger partial charge on any atom is 0.0674 e. The topological polar surface area (TPSA) is 6.48 Å². The van der Waals surface area contributed by atoms with Crippen LogP contribution < -0.4 is 9.80 Å². The number of hydrogen-bond donors (Lipinski definition) is 0. The van der Waals surface area contributed by atoms with E-state index in [1.807, 2.05) is 0 Å². The minimum absolute atomic E-state index is 0.0557. The van der Waals surface area contributed by atoms with Gasteiger partial charge in [0.1, 0.15) is 0 Å². The number of para-hydroxylation sites is 3. The van der Waals surface area contributed by atoms with E-state index in [2.05, 4.69) is 213 Å². The smallest absolute Gasteiger partial charge is 0.0674 e. The second-order valence-electron chi connectivity index (χ2n) is 19.8. The van der Waals surface area contributed by atoms with Gasteiger partial charge in [0.25, 0.3) is 0 Å². The van der Waals surface area contributed by atoms with Crippen LogP contribution in [-0.4, -0.2) is 5.54 Å². The van der Waals surface area contributed by atoms with E-state index in [1.54, 1.807) is 0 Å². The normalized spacial score (nSPS) is 21.1. The maximum atomic E-state index is 2.61. The average Bonchev–Trinajstić information content (AvgIpc) is 3.98. The van der Waals surface area contributed by atoms with Gasteiger partial charge in [0.05, 0.1) is 5.54 Å². The average molecular weight is 813 g/mol. The van der Waals surface area contributed by atoms with Gasteiger partial charge in [-0.2, -0.15) is 0 Å². The number of fused-ring (bicyclic) bond motifs is 12. The van der Waals surface area contributed by atoms with Crippen LogP contribution in [0.25, 0.3) is 34.4 Å². The van der Waals surface area contributed by atoms with Crippen LogP contribution in [0.15, 0.2) is 170 Å². The van der Waals surface area contributed by atoms with E-state index < -0.39 is 0 Å². The van der Waals surface area contributed by atoms with Gasteiger partial charge in [-0.25, -0.2) is 0 Å². The minimum Gasteiger partial charge on any atom is -0.331 e. The Morgan fingerprint density at radius 2 is 1.03 bits per heavy atom. The van der Waals surface area contributed by atoms with Crippen LogP contribution >= 0.6 is 0 Å². The Bertz CT molecular complexity index is 3100. The summed E-state index contributed by atoms with van der Waals surface area (Å²) in [7, 11) is 0. The quantitative estimate of drug-likeness (QED) is 0.163. The van der Waals surface area contributed by atoms with Crippen LogP contribution in [0.3, 0.4) is 0 Å². The molecule has 0 radical (unpaired) electrons. The summed E-state index contributed by atoms with van der Waals surface area (Å²) in [6, 6.07) is 55.9. The first kappa shape index (κ1) is 37.0. The van der Waals surface area contributed by atoms with Crippen molar-refractivity contribution in [3.05, 3.63) is 220 Å². The van der Waals surface area contributed by atoms with Gasteiger partial charge in [0.2, 0.25) is 0 Å². The van der Waals surface area contributed by atoms with Crippen molar-refractivity contribution in [3.8, 4) is 22.3 Å². The fourth-order valence-electron chi connectivity index (χ4n) is 12.9. The zero-order valence-corrected chi connectivity index (χ0v) is 36.5. The third-order valence-electron chi connectivity index (χ3n) is 16.1. The Labute approximate surface area is 372 Å². The van der Waals surface area contributed by atoms with Crippen molar-refractivity contribution >= 4 is 40.6 Å². The maximum absolute atomic E-state index is 2.61. The molecule has 0 amide bonds. The Hall–Kier alpha value is -6.64. The molecule has 7 aromatic rings. The molecule has 1 spiro atoms. The number of allylic oxidation sites excluding steroid dienone is 2. The molecule has 6 aliphatic rings. The van der Waals surface area contributed by atoms with Gasteiger partial charge in [-0.1, -0.05) is 166 Å². The van der Waals surface area contributed by atoms with Crippen LogP contribution in [0.1, 0.15) is 96.5 Å². The SMILES string of the molecule is CC1(C)c2cc(C=Cc3ccc4c(c3)C3(CCCC3)c3cc(N5c6ccccc6Cc6ccccc65)ccc3-4)ccc2-c2ccc(N3c4ccccc4CC4C=CC=CC43C)cc21. The summed E-state index contributed by atoms with van der Waals surface area (Å²) >= 11 is 0. The van der Waals surface area contributed by atoms with E-state index in [0.717, 1.165) is 12.8 Å². The standard InChI is InChI=1S/C61H52N2/c1-59(2)52-34-40(23-27-48(52)49-30-26-47(39-53(49)59)63-58-20-9-6-16-44(58)37-45-17-10-11-31-60(45,63)3)21-22-41-24-28-50-51-29-25-46(38-55(51)61(54(50)35-41)32-12-13-33-61)62-56-18-7-4-14-42(56)36-43-15-5-8-19-57(43)62/h4-11,14-31,34-35,38-39,45H,12-13,32-33,36-37H2,1-3H3. The van der Waals surface area contributed by atoms with Gasteiger partial charge in [-0.05, 0) is 141 Å². The van der Waals surface area contributed by atoms with Gasteiger partial charge in [0, 0.05) is 51.6 Å². The van der Waals surface area contributed by atoms with Crippen LogP contribution in [-0.2, 0) is 23.7 Å². The van der Waals surface area contributed by atoms with E-state index in [4.69, 9.17) is 0 Å². The molecule has 0 saturated heterocycles. The molecule has 2 aliphatic heterocycles. The highest BCUT2D eigenvalue weighted by molar-refractivity contribution is 5.90. The van der Waals surface area contributed by atoms with E-state index in [0.29, 0.717) is 5.92 Å². The summed E-state index contributed by atoms with van der Waals surface area (Å²) < 4.78 is 0. The molecule has 1 saturated carbocycles. The third-order valence-corrected chi connectivity index (χ3v) is 16.1.